The second-order valence-corrected chi connectivity index (χ2v) is 6.41. The van der Waals surface area contributed by atoms with Gasteiger partial charge < -0.3 is 10.4 Å². The van der Waals surface area contributed by atoms with E-state index in [9.17, 15) is 5.11 Å². The predicted molar refractivity (Wildman–Crippen MR) is 80.3 cm³/mol. The third kappa shape index (κ3) is 4.44. The fourth-order valence-electron chi connectivity index (χ4n) is 3.93. The molecule has 1 saturated carbocycles. The molecule has 112 valence electrons. The van der Waals surface area contributed by atoms with Crippen LogP contribution in [0.1, 0.15) is 58.3 Å². The maximum Gasteiger partial charge on any atom is 0.0445 e. The molecule has 1 saturated heterocycles. The smallest absolute Gasteiger partial charge is 0.0445 e. The molecule has 3 unspecified atom stereocenters. The Bertz CT molecular complexity index is 245. The van der Waals surface area contributed by atoms with Crippen molar-refractivity contribution in [1.29, 1.82) is 0 Å². The molecule has 0 bridgehead atoms. The second-order valence-electron chi connectivity index (χ2n) is 6.41. The van der Waals surface area contributed by atoms with E-state index in [0.717, 1.165) is 18.4 Å². The van der Waals surface area contributed by atoms with Gasteiger partial charge in [-0.25, -0.2) is 0 Å². The van der Waals surface area contributed by atoms with Crippen molar-refractivity contribution in [1.82, 2.24) is 10.2 Å². The van der Waals surface area contributed by atoms with Gasteiger partial charge >= 0.3 is 0 Å². The van der Waals surface area contributed by atoms with Crippen molar-refractivity contribution < 1.29 is 5.11 Å². The molecule has 2 N–H and O–H groups in total. The van der Waals surface area contributed by atoms with E-state index >= 15 is 0 Å². The lowest BCUT2D eigenvalue weighted by atomic mass is 9.95. The summed E-state index contributed by atoms with van der Waals surface area (Å²) >= 11 is 0. The van der Waals surface area contributed by atoms with Crippen molar-refractivity contribution in [2.45, 2.75) is 70.4 Å². The molecule has 2 rings (SSSR count). The molecule has 1 aliphatic heterocycles. The molecular weight excluding hydrogens is 236 g/mol. The van der Waals surface area contributed by atoms with Crippen molar-refractivity contribution in [2.24, 2.45) is 5.92 Å². The average molecular weight is 268 g/mol. The maximum atomic E-state index is 9.23. The zero-order chi connectivity index (χ0) is 13.5. The lowest BCUT2D eigenvalue weighted by Crippen LogP contribution is -2.46. The van der Waals surface area contributed by atoms with Crippen molar-refractivity contribution in [2.75, 3.05) is 26.2 Å². The van der Waals surface area contributed by atoms with Crippen LogP contribution in [0.3, 0.4) is 0 Å². The van der Waals surface area contributed by atoms with Crippen molar-refractivity contribution >= 4 is 0 Å². The molecule has 0 aromatic heterocycles. The monoisotopic (exact) mass is 268 g/mol. The molecule has 0 amide bonds. The molecule has 1 heterocycles. The molecule has 19 heavy (non-hydrogen) atoms. The number of aliphatic hydroxyl groups is 1. The minimum Gasteiger partial charge on any atom is -0.396 e. The highest BCUT2D eigenvalue weighted by Crippen LogP contribution is 2.29. The van der Waals surface area contributed by atoms with E-state index < -0.39 is 0 Å². The molecule has 3 atom stereocenters. The normalized spacial score (nSPS) is 32.8. The fraction of sp³-hybridized carbons (Fsp3) is 1.00. The van der Waals surface area contributed by atoms with Gasteiger partial charge in [-0.15, -0.1) is 0 Å². The first kappa shape index (κ1) is 15.3. The molecule has 0 aromatic rings. The van der Waals surface area contributed by atoms with Crippen molar-refractivity contribution in [3.05, 3.63) is 0 Å². The minimum atomic E-state index is 0.351. The van der Waals surface area contributed by atoms with Gasteiger partial charge in [-0.3, -0.25) is 4.90 Å². The highest BCUT2D eigenvalue weighted by Gasteiger charge is 2.31. The Morgan fingerprint density at radius 3 is 2.84 bits per heavy atom. The van der Waals surface area contributed by atoms with Crippen LogP contribution in [-0.4, -0.2) is 48.3 Å². The molecule has 3 heteroatoms. The van der Waals surface area contributed by atoms with Crippen molar-refractivity contribution in [3.8, 4) is 0 Å². The van der Waals surface area contributed by atoms with E-state index in [4.69, 9.17) is 0 Å². The Kier molecular flexibility index (Phi) is 6.62. The number of likely N-dealkylation sites (tertiary alicyclic amines) is 1. The number of nitrogens with zero attached hydrogens (tertiary/aromatic N) is 1. The standard InChI is InChI=1S/C16H32N2O/c1-2-10-17-16-8-5-6-14(16)13-18-11-4-3-7-15(18)9-12-19/h14-17,19H,2-13H2,1H3. The van der Waals surface area contributed by atoms with Gasteiger partial charge in [0.05, 0.1) is 0 Å². The first-order valence-corrected chi connectivity index (χ1v) is 8.43. The quantitative estimate of drug-likeness (QED) is 0.744. The van der Waals surface area contributed by atoms with Gasteiger partial charge in [0.2, 0.25) is 0 Å². The number of piperidine rings is 1. The number of rotatable bonds is 7. The molecule has 0 radical (unpaired) electrons. The summed E-state index contributed by atoms with van der Waals surface area (Å²) in [5.41, 5.74) is 0. The van der Waals surface area contributed by atoms with Gasteiger partial charge in [0.25, 0.3) is 0 Å². The van der Waals surface area contributed by atoms with Gasteiger partial charge in [0, 0.05) is 25.2 Å². The van der Waals surface area contributed by atoms with Crippen LogP contribution in [0.5, 0.6) is 0 Å². The zero-order valence-corrected chi connectivity index (χ0v) is 12.6. The number of hydrogen-bond acceptors (Lipinski definition) is 3. The third-order valence-electron chi connectivity index (χ3n) is 5.00. The highest BCUT2D eigenvalue weighted by atomic mass is 16.3. The van der Waals surface area contributed by atoms with Crippen LogP contribution in [0.2, 0.25) is 0 Å². The Morgan fingerprint density at radius 2 is 2.05 bits per heavy atom. The van der Waals surface area contributed by atoms with Crippen LogP contribution >= 0.6 is 0 Å². The number of nitrogens with one attached hydrogen (secondary N) is 1. The van der Waals surface area contributed by atoms with Gasteiger partial charge in [-0.2, -0.15) is 0 Å². The van der Waals surface area contributed by atoms with E-state index in [-0.39, 0.29) is 0 Å². The van der Waals surface area contributed by atoms with Gasteiger partial charge in [0.1, 0.15) is 0 Å². The molecular formula is C16H32N2O. The van der Waals surface area contributed by atoms with E-state index in [1.54, 1.807) is 0 Å². The predicted octanol–water partition coefficient (Wildman–Crippen LogP) is 2.39. The summed E-state index contributed by atoms with van der Waals surface area (Å²) < 4.78 is 0. The number of aliphatic hydroxyl groups excluding tert-OH is 1. The van der Waals surface area contributed by atoms with Crippen LogP contribution in [0.15, 0.2) is 0 Å². The number of hydrogen-bond donors (Lipinski definition) is 2. The van der Waals surface area contributed by atoms with E-state index in [0.29, 0.717) is 12.6 Å². The average Bonchev–Trinajstić information content (AvgIpc) is 2.86. The third-order valence-corrected chi connectivity index (χ3v) is 5.00. The lowest BCUT2D eigenvalue weighted by molar-refractivity contribution is 0.0969. The maximum absolute atomic E-state index is 9.23. The molecule has 0 spiro atoms. The summed E-state index contributed by atoms with van der Waals surface area (Å²) in [7, 11) is 0. The van der Waals surface area contributed by atoms with Gasteiger partial charge in [-0.1, -0.05) is 19.8 Å². The summed E-state index contributed by atoms with van der Waals surface area (Å²) in [5, 5.41) is 13.0. The van der Waals surface area contributed by atoms with Gasteiger partial charge in [-0.05, 0) is 57.5 Å². The van der Waals surface area contributed by atoms with E-state index in [1.807, 2.05) is 0 Å². The first-order chi connectivity index (χ1) is 9.35. The van der Waals surface area contributed by atoms with Gasteiger partial charge in [0.15, 0.2) is 0 Å². The Hall–Kier alpha value is -0.120. The molecule has 3 nitrogen and oxygen atoms in total. The van der Waals surface area contributed by atoms with Crippen LogP contribution in [0.4, 0.5) is 0 Å². The summed E-state index contributed by atoms with van der Waals surface area (Å²) in [6.07, 6.45) is 10.3. The van der Waals surface area contributed by atoms with Crippen LogP contribution in [0, 0.1) is 5.92 Å². The summed E-state index contributed by atoms with van der Waals surface area (Å²) in [5.74, 6) is 0.839. The Balaban J connectivity index is 1.83. The van der Waals surface area contributed by atoms with Crippen LogP contribution in [-0.2, 0) is 0 Å². The molecule has 1 aliphatic carbocycles. The van der Waals surface area contributed by atoms with E-state index in [1.165, 1.54) is 64.6 Å². The molecule has 0 aromatic carbocycles. The van der Waals surface area contributed by atoms with Crippen LogP contribution in [0.25, 0.3) is 0 Å². The fourth-order valence-corrected chi connectivity index (χ4v) is 3.93. The zero-order valence-electron chi connectivity index (χ0n) is 12.6. The largest absolute Gasteiger partial charge is 0.396 e. The van der Waals surface area contributed by atoms with E-state index in [2.05, 4.69) is 17.1 Å². The first-order valence-electron chi connectivity index (χ1n) is 8.43. The Morgan fingerprint density at radius 1 is 1.16 bits per heavy atom. The SMILES string of the molecule is CCCNC1CCCC1CN1CCCCC1CCO. The summed E-state index contributed by atoms with van der Waals surface area (Å²) in [6, 6.07) is 1.39. The van der Waals surface area contributed by atoms with Crippen molar-refractivity contribution in [3.63, 3.8) is 0 Å². The van der Waals surface area contributed by atoms with Crippen LogP contribution < -0.4 is 5.32 Å². The highest BCUT2D eigenvalue weighted by molar-refractivity contribution is 4.87. The summed E-state index contributed by atoms with van der Waals surface area (Å²) in [6.45, 7) is 6.27. The molecule has 2 aliphatic rings. The summed E-state index contributed by atoms with van der Waals surface area (Å²) in [4.78, 5) is 2.68. The lowest BCUT2D eigenvalue weighted by Gasteiger charge is -2.38. The molecule has 2 fully saturated rings. The topological polar surface area (TPSA) is 35.5 Å². The Labute approximate surface area is 118 Å². The second kappa shape index (κ2) is 8.23. The minimum absolute atomic E-state index is 0.351.